The molecule has 0 saturated carbocycles. The second-order valence-electron chi connectivity index (χ2n) is 7.02. The highest BCUT2D eigenvalue weighted by Crippen LogP contribution is 2.36. The summed E-state index contributed by atoms with van der Waals surface area (Å²) in [6.07, 6.45) is 0. The number of benzene rings is 3. The third kappa shape index (κ3) is 4.43. The number of phenolic OH excluding ortho intramolecular Hbond substituents is 1. The minimum atomic E-state index is -4.66. The van der Waals surface area contributed by atoms with Crippen LogP contribution in [-0.2, 0) is 20.8 Å². The molecular weight excluding hydrogens is 498 g/mol. The van der Waals surface area contributed by atoms with Crippen LogP contribution in [0.5, 0.6) is 5.75 Å². The highest BCUT2D eigenvalue weighted by molar-refractivity contribution is 7.92. The van der Waals surface area contributed by atoms with Gasteiger partial charge in [-0.25, -0.2) is 17.2 Å². The molecule has 4 rings (SSSR count). The summed E-state index contributed by atoms with van der Waals surface area (Å²) < 4.78 is 70.0. The number of nitrogens with one attached hydrogen (secondary N) is 2. The van der Waals surface area contributed by atoms with Gasteiger partial charge in [0.2, 0.25) is 0 Å². The third-order valence-electron chi connectivity index (χ3n) is 4.88. The van der Waals surface area contributed by atoms with Gasteiger partial charge in [-0.2, -0.15) is 0 Å². The van der Waals surface area contributed by atoms with Crippen LogP contribution in [0.1, 0.15) is 10.4 Å². The second-order valence-corrected chi connectivity index (χ2v) is 10.6. The normalized spacial score (nSPS) is 17.7. The molecule has 0 aliphatic carbocycles. The van der Waals surface area contributed by atoms with Crippen LogP contribution in [0.4, 0.5) is 14.5 Å². The zero-order chi connectivity index (χ0) is 23.9. The van der Waals surface area contributed by atoms with E-state index in [1.54, 1.807) is 12.1 Å². The zero-order valence-electron chi connectivity index (χ0n) is 16.6. The Kier molecular flexibility index (Phi) is 6.12. The number of hydrogen-bond donors (Lipinski definition) is 3. The molecule has 12 heteroatoms. The molecule has 4 bridgehead atoms. The summed E-state index contributed by atoms with van der Waals surface area (Å²) in [7, 11) is -6.34. The number of anilines is 1. The van der Waals surface area contributed by atoms with E-state index in [-0.39, 0.29) is 33.9 Å². The number of fused-ring (bicyclic) bond motifs is 6. The molecule has 1 atom stereocenters. The van der Waals surface area contributed by atoms with E-state index in [9.17, 15) is 31.3 Å². The summed E-state index contributed by atoms with van der Waals surface area (Å²) in [6.45, 7) is -0.0598. The van der Waals surface area contributed by atoms with Crippen LogP contribution in [0.3, 0.4) is 0 Å². The Morgan fingerprint density at radius 2 is 1.76 bits per heavy atom. The number of rotatable bonds is 0. The number of aromatic hydroxyl groups is 1. The molecule has 1 aliphatic rings. The molecule has 3 aromatic carbocycles. The van der Waals surface area contributed by atoms with Crippen molar-refractivity contribution in [3.05, 3.63) is 70.8 Å². The lowest BCUT2D eigenvalue weighted by molar-refractivity contribution is 0.0956. The van der Waals surface area contributed by atoms with Gasteiger partial charge in [0.15, 0.2) is 5.75 Å². The Morgan fingerprint density at radius 1 is 1.03 bits per heavy atom. The number of halogens is 3. The highest BCUT2D eigenvalue weighted by Gasteiger charge is 2.26. The van der Waals surface area contributed by atoms with Crippen LogP contribution in [-0.4, -0.2) is 35.9 Å². The number of hydrogen-bond acceptors (Lipinski definition) is 5. The summed E-state index contributed by atoms with van der Waals surface area (Å²) >= 11 is 5.91. The lowest BCUT2D eigenvalue weighted by Gasteiger charge is -2.14. The van der Waals surface area contributed by atoms with E-state index in [4.69, 9.17) is 11.6 Å². The molecule has 0 fully saturated rings. The summed E-state index contributed by atoms with van der Waals surface area (Å²) in [5.74, 6) is -3.83. The first-order valence-electron chi connectivity index (χ1n) is 9.39. The van der Waals surface area contributed by atoms with E-state index in [2.05, 4.69) is 5.32 Å². The van der Waals surface area contributed by atoms with E-state index in [0.717, 1.165) is 18.2 Å². The van der Waals surface area contributed by atoms with E-state index in [1.165, 1.54) is 12.1 Å². The number of sulfonamides is 1. The predicted molar refractivity (Wildman–Crippen MR) is 119 cm³/mol. The SMILES string of the molecule is O=C1NCCS(=O)c2ccccc2-c2cc(c(F)cc2F)NS(=O)(=O)c2cc1cc(Cl)c2O. The van der Waals surface area contributed by atoms with E-state index >= 15 is 0 Å². The molecule has 3 N–H and O–H groups in total. The molecule has 33 heavy (non-hydrogen) atoms. The molecule has 1 heterocycles. The molecular formula is C21H15ClF2N2O5S2. The monoisotopic (exact) mass is 512 g/mol. The van der Waals surface area contributed by atoms with Crippen molar-refractivity contribution in [2.75, 3.05) is 17.0 Å². The number of carbonyl (C=O) groups is 1. The van der Waals surface area contributed by atoms with Gasteiger partial charge in [0.25, 0.3) is 15.9 Å². The van der Waals surface area contributed by atoms with Crippen molar-refractivity contribution in [3.8, 4) is 16.9 Å². The van der Waals surface area contributed by atoms with Gasteiger partial charge in [0.1, 0.15) is 16.5 Å². The maximum absolute atomic E-state index is 14.7. The first-order chi connectivity index (χ1) is 15.6. The fourth-order valence-corrected chi connectivity index (χ4v) is 5.94. The lowest BCUT2D eigenvalue weighted by Crippen LogP contribution is -2.28. The van der Waals surface area contributed by atoms with Crippen LogP contribution < -0.4 is 10.0 Å². The van der Waals surface area contributed by atoms with E-state index < -0.39 is 59.7 Å². The molecule has 3 aromatic rings. The van der Waals surface area contributed by atoms with Gasteiger partial charge < -0.3 is 10.4 Å². The fraction of sp³-hybridized carbons (Fsp3) is 0.0952. The summed E-state index contributed by atoms with van der Waals surface area (Å²) in [6, 6.07) is 9.47. The Bertz CT molecular complexity index is 1430. The van der Waals surface area contributed by atoms with Crippen LogP contribution in [0, 0.1) is 11.6 Å². The van der Waals surface area contributed by atoms with Crippen molar-refractivity contribution >= 4 is 44.0 Å². The van der Waals surface area contributed by atoms with Gasteiger partial charge >= 0.3 is 0 Å². The Labute approximate surface area is 194 Å². The van der Waals surface area contributed by atoms with Gasteiger partial charge in [-0.05, 0) is 24.3 Å². The summed E-state index contributed by atoms with van der Waals surface area (Å²) in [4.78, 5) is 12.0. The Morgan fingerprint density at radius 3 is 2.52 bits per heavy atom. The molecule has 172 valence electrons. The molecule has 1 amide bonds. The van der Waals surface area contributed by atoms with Crippen molar-refractivity contribution < 1.29 is 31.3 Å². The minimum absolute atomic E-state index is 0.0341. The number of amides is 1. The third-order valence-corrected chi connectivity index (χ3v) is 7.97. The van der Waals surface area contributed by atoms with Crippen molar-refractivity contribution in [2.45, 2.75) is 9.79 Å². The van der Waals surface area contributed by atoms with Crippen LogP contribution >= 0.6 is 11.6 Å². The topological polar surface area (TPSA) is 113 Å². The molecule has 1 unspecified atom stereocenters. The van der Waals surface area contributed by atoms with Crippen molar-refractivity contribution in [1.82, 2.24) is 5.32 Å². The fourth-order valence-electron chi connectivity index (χ4n) is 3.30. The Balaban J connectivity index is 1.97. The highest BCUT2D eigenvalue weighted by atomic mass is 35.5. The average Bonchev–Trinajstić information content (AvgIpc) is 2.76. The van der Waals surface area contributed by atoms with Crippen LogP contribution in [0.2, 0.25) is 5.02 Å². The molecule has 7 nitrogen and oxygen atoms in total. The molecule has 0 saturated heterocycles. The number of carbonyl (C=O) groups excluding carboxylic acids is 1. The van der Waals surface area contributed by atoms with Gasteiger partial charge in [-0.1, -0.05) is 29.8 Å². The summed E-state index contributed by atoms with van der Waals surface area (Å²) in [5, 5.41) is 12.3. The van der Waals surface area contributed by atoms with Gasteiger partial charge in [0.05, 0.1) is 21.5 Å². The van der Waals surface area contributed by atoms with E-state index in [0.29, 0.717) is 6.07 Å². The van der Waals surface area contributed by atoms with Gasteiger partial charge in [-0.3, -0.25) is 13.7 Å². The van der Waals surface area contributed by atoms with Crippen molar-refractivity contribution in [2.24, 2.45) is 0 Å². The van der Waals surface area contributed by atoms with Crippen molar-refractivity contribution in [3.63, 3.8) is 0 Å². The zero-order valence-corrected chi connectivity index (χ0v) is 19.0. The van der Waals surface area contributed by atoms with Crippen LogP contribution in [0.15, 0.2) is 58.3 Å². The number of phenols is 1. The van der Waals surface area contributed by atoms with E-state index in [1.807, 2.05) is 4.72 Å². The maximum atomic E-state index is 14.7. The quantitative estimate of drug-likeness (QED) is 0.425. The van der Waals surface area contributed by atoms with Gasteiger partial charge in [-0.15, -0.1) is 0 Å². The molecule has 0 spiro atoms. The largest absolute Gasteiger partial charge is 0.505 e. The minimum Gasteiger partial charge on any atom is -0.505 e. The standard InChI is InChI=1S/C21H15ClF2N2O5S2/c22-14-7-11-8-19(20(14)27)33(30,31)26-17-9-13(15(23)10-16(17)24)12-3-1-2-4-18(12)32(29)6-5-25-21(11)28/h1-4,7-10,26-27H,5-6H2,(H,25,28). The predicted octanol–water partition coefficient (Wildman–Crippen LogP) is 3.64. The maximum Gasteiger partial charge on any atom is 0.265 e. The lowest BCUT2D eigenvalue weighted by atomic mass is 10.0. The summed E-state index contributed by atoms with van der Waals surface area (Å²) in [5.41, 5.74) is -0.832. The molecule has 0 aromatic heterocycles. The van der Waals surface area contributed by atoms with Gasteiger partial charge in [0, 0.05) is 39.9 Å². The smallest absolute Gasteiger partial charge is 0.265 e. The Hall–Kier alpha value is -3.02. The second kappa shape index (κ2) is 8.73. The first-order valence-corrected chi connectivity index (χ1v) is 12.6. The average molecular weight is 513 g/mol. The molecule has 1 aliphatic heterocycles. The van der Waals surface area contributed by atoms with Crippen LogP contribution in [0.25, 0.3) is 11.1 Å². The molecule has 0 radical (unpaired) electrons. The van der Waals surface area contributed by atoms with Crippen molar-refractivity contribution in [1.29, 1.82) is 0 Å². The first kappa shape index (κ1) is 23.1.